The van der Waals surface area contributed by atoms with Crippen molar-refractivity contribution < 1.29 is 4.57 Å². The van der Waals surface area contributed by atoms with E-state index >= 15 is 0 Å². The number of rotatable bonds is 1. The lowest BCUT2D eigenvalue weighted by atomic mass is 9.87. The van der Waals surface area contributed by atoms with Gasteiger partial charge in [0.15, 0.2) is 11.0 Å². The van der Waals surface area contributed by atoms with E-state index in [1.165, 1.54) is 39.1 Å². The first kappa shape index (κ1) is 15.8. The van der Waals surface area contributed by atoms with Crippen molar-refractivity contribution >= 4 is 11.0 Å². The molecule has 0 unspecified atom stereocenters. The normalized spacial score (nSPS) is 12.1. The zero-order valence-corrected chi connectivity index (χ0v) is 15.4. The van der Waals surface area contributed by atoms with E-state index < -0.39 is 0 Å². The second kappa shape index (κ2) is 5.23. The minimum Gasteiger partial charge on any atom is -0.226 e. The molecule has 0 radical (unpaired) electrons. The second-order valence-corrected chi connectivity index (χ2v) is 7.71. The Hall–Kier alpha value is -2.09. The highest BCUT2D eigenvalue weighted by Crippen LogP contribution is 2.29. The van der Waals surface area contributed by atoms with Crippen LogP contribution in [0.3, 0.4) is 0 Å². The third kappa shape index (κ3) is 2.56. The lowest BCUT2D eigenvalue weighted by Crippen LogP contribution is -2.30. The van der Waals surface area contributed by atoms with Gasteiger partial charge in [0.2, 0.25) is 0 Å². The van der Waals surface area contributed by atoms with Gasteiger partial charge < -0.3 is 0 Å². The van der Waals surface area contributed by atoms with E-state index in [1.807, 2.05) is 0 Å². The fourth-order valence-corrected chi connectivity index (χ4v) is 3.33. The lowest BCUT2D eigenvalue weighted by Gasteiger charge is -2.18. The highest BCUT2D eigenvalue weighted by atomic mass is 15.1. The van der Waals surface area contributed by atoms with Crippen LogP contribution < -0.4 is 4.57 Å². The van der Waals surface area contributed by atoms with Gasteiger partial charge in [0.25, 0.3) is 5.82 Å². The van der Waals surface area contributed by atoms with Crippen molar-refractivity contribution in [3.63, 3.8) is 0 Å². The molecule has 0 N–H and O–H groups in total. The fourth-order valence-electron chi connectivity index (χ4n) is 3.33. The first-order valence-corrected chi connectivity index (χ1v) is 8.26. The maximum atomic E-state index is 2.34. The Balaban J connectivity index is 2.33. The van der Waals surface area contributed by atoms with Gasteiger partial charge in [-0.05, 0) is 48.6 Å². The van der Waals surface area contributed by atoms with Gasteiger partial charge in [-0.2, -0.15) is 0 Å². The molecule has 0 amide bonds. The third-order valence-electron chi connectivity index (χ3n) is 4.83. The van der Waals surface area contributed by atoms with Crippen LogP contribution >= 0.6 is 0 Å². The molecule has 2 aromatic carbocycles. The summed E-state index contributed by atoms with van der Waals surface area (Å²) in [7, 11) is 4.34. The van der Waals surface area contributed by atoms with Crippen LogP contribution in [0.2, 0.25) is 0 Å². The standard InChI is InChI=1S/C21H27N2/c1-14-8-9-15(2)17(12-14)20-22(6)18-11-10-16(21(3,4)5)13-19(18)23(20)7/h8-13H,1-7H3/q+1. The Kier molecular flexibility index (Phi) is 3.59. The van der Waals surface area contributed by atoms with Crippen LogP contribution in [0.1, 0.15) is 37.5 Å². The summed E-state index contributed by atoms with van der Waals surface area (Å²) in [6, 6.07) is 13.5. The van der Waals surface area contributed by atoms with Crippen LogP contribution in [0.25, 0.3) is 22.4 Å². The van der Waals surface area contributed by atoms with Crippen molar-refractivity contribution in [2.24, 2.45) is 14.1 Å². The fraction of sp³-hybridized carbons (Fsp3) is 0.381. The first-order valence-electron chi connectivity index (χ1n) is 8.26. The Morgan fingerprint density at radius 2 is 1.65 bits per heavy atom. The maximum absolute atomic E-state index is 2.34. The van der Waals surface area contributed by atoms with E-state index in [9.17, 15) is 0 Å². The topological polar surface area (TPSA) is 8.81 Å². The molecule has 0 saturated heterocycles. The van der Waals surface area contributed by atoms with Crippen molar-refractivity contribution in [2.45, 2.75) is 40.0 Å². The van der Waals surface area contributed by atoms with Gasteiger partial charge in [-0.3, -0.25) is 0 Å². The molecule has 0 aliphatic carbocycles. The molecule has 0 aliphatic heterocycles. The molecule has 0 atom stereocenters. The molecule has 0 fully saturated rings. The predicted octanol–water partition coefficient (Wildman–Crippen LogP) is 4.58. The van der Waals surface area contributed by atoms with Crippen LogP contribution in [0.15, 0.2) is 36.4 Å². The van der Waals surface area contributed by atoms with E-state index in [-0.39, 0.29) is 5.41 Å². The van der Waals surface area contributed by atoms with Gasteiger partial charge in [-0.1, -0.05) is 44.5 Å². The van der Waals surface area contributed by atoms with Crippen molar-refractivity contribution in [1.82, 2.24) is 4.57 Å². The van der Waals surface area contributed by atoms with Gasteiger partial charge in [-0.15, -0.1) is 0 Å². The molecule has 0 bridgehead atoms. The second-order valence-electron chi connectivity index (χ2n) is 7.71. The quantitative estimate of drug-likeness (QED) is 0.582. The largest absolute Gasteiger partial charge is 0.289 e. The zero-order chi connectivity index (χ0) is 16.9. The van der Waals surface area contributed by atoms with Gasteiger partial charge in [0.1, 0.15) is 0 Å². The van der Waals surface area contributed by atoms with Gasteiger partial charge in [0, 0.05) is 0 Å². The number of hydrogen-bond donors (Lipinski definition) is 0. The molecule has 2 nitrogen and oxygen atoms in total. The molecule has 2 heteroatoms. The molecular formula is C21H27N2+. The van der Waals surface area contributed by atoms with Crippen LogP contribution in [0.5, 0.6) is 0 Å². The van der Waals surface area contributed by atoms with Gasteiger partial charge >= 0.3 is 0 Å². The maximum Gasteiger partial charge on any atom is 0.289 e. The monoisotopic (exact) mass is 307 g/mol. The lowest BCUT2D eigenvalue weighted by molar-refractivity contribution is -0.634. The predicted molar refractivity (Wildman–Crippen MR) is 97.7 cm³/mol. The molecule has 1 aromatic heterocycles. The highest BCUT2D eigenvalue weighted by molar-refractivity contribution is 5.77. The van der Waals surface area contributed by atoms with E-state index in [0.717, 1.165) is 0 Å². The summed E-state index contributed by atoms with van der Waals surface area (Å²) in [5.74, 6) is 1.26. The van der Waals surface area contributed by atoms with Crippen molar-refractivity contribution in [1.29, 1.82) is 0 Å². The molecule has 23 heavy (non-hydrogen) atoms. The van der Waals surface area contributed by atoms with Crippen LogP contribution in [0.4, 0.5) is 0 Å². The number of aryl methyl sites for hydroxylation is 4. The Morgan fingerprint density at radius 1 is 0.957 bits per heavy atom. The van der Waals surface area contributed by atoms with E-state index in [0.29, 0.717) is 0 Å². The van der Waals surface area contributed by atoms with Crippen molar-refractivity contribution in [3.8, 4) is 11.4 Å². The summed E-state index contributed by atoms with van der Waals surface area (Å²) < 4.78 is 4.63. The Bertz CT molecular complexity index is 892. The summed E-state index contributed by atoms with van der Waals surface area (Å²) in [6.45, 7) is 11.1. The third-order valence-corrected chi connectivity index (χ3v) is 4.83. The summed E-state index contributed by atoms with van der Waals surface area (Å²) >= 11 is 0. The molecule has 120 valence electrons. The summed E-state index contributed by atoms with van der Waals surface area (Å²) in [5, 5.41) is 0. The van der Waals surface area contributed by atoms with Crippen molar-refractivity contribution in [3.05, 3.63) is 53.1 Å². The van der Waals surface area contributed by atoms with E-state index in [1.54, 1.807) is 0 Å². The summed E-state index contributed by atoms with van der Waals surface area (Å²) in [4.78, 5) is 0. The zero-order valence-electron chi connectivity index (χ0n) is 15.4. The average molecular weight is 307 g/mol. The number of imidazole rings is 1. The number of aromatic nitrogens is 2. The van der Waals surface area contributed by atoms with Crippen LogP contribution in [0, 0.1) is 13.8 Å². The minimum atomic E-state index is 0.163. The number of nitrogens with zero attached hydrogens (tertiary/aromatic N) is 2. The molecule has 0 spiro atoms. The van der Waals surface area contributed by atoms with E-state index in [2.05, 4.69) is 94.2 Å². The molecule has 0 saturated carbocycles. The first-order chi connectivity index (χ1) is 10.7. The SMILES string of the molecule is Cc1ccc(C)c(-c2n(C)c3cc(C(C)(C)C)ccc3[n+]2C)c1. The molecule has 1 heterocycles. The van der Waals surface area contributed by atoms with Gasteiger partial charge in [-0.25, -0.2) is 9.13 Å². The molecular weight excluding hydrogens is 280 g/mol. The number of hydrogen-bond acceptors (Lipinski definition) is 0. The Labute approximate surface area is 139 Å². The number of benzene rings is 2. The van der Waals surface area contributed by atoms with E-state index in [4.69, 9.17) is 0 Å². The molecule has 3 aromatic rings. The van der Waals surface area contributed by atoms with Crippen molar-refractivity contribution in [2.75, 3.05) is 0 Å². The minimum absolute atomic E-state index is 0.163. The molecule has 0 aliphatic rings. The smallest absolute Gasteiger partial charge is 0.226 e. The highest BCUT2D eigenvalue weighted by Gasteiger charge is 2.25. The van der Waals surface area contributed by atoms with Crippen LogP contribution in [-0.2, 0) is 19.5 Å². The Morgan fingerprint density at radius 3 is 2.30 bits per heavy atom. The van der Waals surface area contributed by atoms with Crippen LogP contribution in [-0.4, -0.2) is 4.57 Å². The number of fused-ring (bicyclic) bond motifs is 1. The summed E-state index contributed by atoms with van der Waals surface area (Å²) in [5.41, 5.74) is 8.02. The van der Waals surface area contributed by atoms with Gasteiger partial charge in [0.05, 0.1) is 19.7 Å². The average Bonchev–Trinajstić information content (AvgIpc) is 2.72. The summed E-state index contributed by atoms with van der Waals surface area (Å²) in [6.07, 6.45) is 0. The molecule has 3 rings (SSSR count).